The second kappa shape index (κ2) is 8.01. The summed E-state index contributed by atoms with van der Waals surface area (Å²) in [4.78, 5) is 12.1. The van der Waals surface area contributed by atoms with Crippen molar-refractivity contribution in [2.24, 2.45) is 0 Å². The van der Waals surface area contributed by atoms with Crippen LogP contribution in [0.15, 0.2) is 78.0 Å². The van der Waals surface area contributed by atoms with E-state index in [1.165, 1.54) is 11.8 Å². The number of rotatable bonds is 6. The van der Waals surface area contributed by atoms with Crippen LogP contribution in [-0.4, -0.2) is 31.5 Å². The Morgan fingerprint density at radius 1 is 0.926 bits per heavy atom. The molecule has 6 nitrogen and oxygen atoms in total. The molecular weight excluding hydrogens is 358 g/mol. The summed E-state index contributed by atoms with van der Waals surface area (Å²) >= 11 is 1.32. The van der Waals surface area contributed by atoms with E-state index < -0.39 is 0 Å². The summed E-state index contributed by atoms with van der Waals surface area (Å²) < 4.78 is 1.68. The van der Waals surface area contributed by atoms with Crippen LogP contribution in [0.5, 0.6) is 0 Å². The van der Waals surface area contributed by atoms with E-state index in [-0.39, 0.29) is 11.7 Å². The van der Waals surface area contributed by atoms with Crippen molar-refractivity contribution in [3.63, 3.8) is 0 Å². The highest BCUT2D eigenvalue weighted by atomic mass is 32.2. The highest BCUT2D eigenvalue weighted by Crippen LogP contribution is 2.20. The molecule has 0 fully saturated rings. The van der Waals surface area contributed by atoms with Crippen LogP contribution < -0.4 is 5.32 Å². The maximum absolute atomic E-state index is 12.1. The maximum atomic E-state index is 12.1. The Labute approximate surface area is 160 Å². The molecule has 0 radical (unpaired) electrons. The fraction of sp³-hybridized carbons (Fsp3) is 0.100. The van der Waals surface area contributed by atoms with E-state index in [9.17, 15) is 4.79 Å². The molecule has 1 amide bonds. The van der Waals surface area contributed by atoms with Crippen molar-refractivity contribution in [1.29, 1.82) is 0 Å². The monoisotopic (exact) mass is 375 g/mol. The molecule has 27 heavy (non-hydrogen) atoms. The average Bonchev–Trinajstić information content (AvgIpc) is 3.14. The second-order valence-corrected chi connectivity index (χ2v) is 6.83. The smallest absolute Gasteiger partial charge is 0.230 e. The quantitative estimate of drug-likeness (QED) is 0.524. The Morgan fingerprint density at radius 3 is 2.44 bits per heavy atom. The number of carbonyl (C=O) groups excluding carboxylic acids is 1. The zero-order valence-corrected chi connectivity index (χ0v) is 15.3. The topological polar surface area (TPSA) is 72.2 Å². The molecular formula is C20H17N5OS. The molecule has 0 atom stereocenters. The first kappa shape index (κ1) is 17.2. The molecule has 2 aromatic carbocycles. The third kappa shape index (κ3) is 4.15. The van der Waals surface area contributed by atoms with Gasteiger partial charge >= 0.3 is 0 Å². The van der Waals surface area contributed by atoms with Gasteiger partial charge in [0.1, 0.15) is 0 Å². The summed E-state index contributed by atoms with van der Waals surface area (Å²) in [5.41, 5.74) is 3.57. The molecule has 2 heterocycles. The van der Waals surface area contributed by atoms with Gasteiger partial charge in [-0.2, -0.15) is 9.61 Å². The summed E-state index contributed by atoms with van der Waals surface area (Å²) in [5.74, 6) is 0.199. The Kier molecular flexibility index (Phi) is 5.11. The van der Waals surface area contributed by atoms with E-state index in [0.29, 0.717) is 17.3 Å². The van der Waals surface area contributed by atoms with Gasteiger partial charge in [-0.3, -0.25) is 4.79 Å². The first-order chi connectivity index (χ1) is 13.3. The molecule has 0 spiro atoms. The van der Waals surface area contributed by atoms with Crippen LogP contribution in [0.3, 0.4) is 0 Å². The lowest BCUT2D eigenvalue weighted by atomic mass is 10.1. The number of thioether (sulfide) groups is 1. The highest BCUT2D eigenvalue weighted by Gasteiger charge is 2.11. The van der Waals surface area contributed by atoms with E-state index in [1.54, 1.807) is 4.52 Å². The predicted molar refractivity (Wildman–Crippen MR) is 105 cm³/mol. The number of nitrogens with zero attached hydrogens (tertiary/aromatic N) is 4. The standard InChI is InChI=1S/C20H17N5OS/c26-19(21-13-15-7-3-1-4-8-15)14-27-20-23-22-18-12-11-17(24-25(18)20)16-9-5-2-6-10-16/h1-12H,13-14H2,(H,21,26). The molecule has 4 rings (SSSR count). The van der Waals surface area contributed by atoms with Crippen LogP contribution in [0.25, 0.3) is 16.9 Å². The summed E-state index contributed by atoms with van der Waals surface area (Å²) in [5, 5.41) is 16.4. The minimum absolute atomic E-state index is 0.0557. The minimum Gasteiger partial charge on any atom is -0.351 e. The van der Waals surface area contributed by atoms with Gasteiger partial charge in [-0.15, -0.1) is 10.2 Å². The van der Waals surface area contributed by atoms with Crippen molar-refractivity contribution < 1.29 is 4.79 Å². The molecule has 0 aliphatic carbocycles. The number of aromatic nitrogens is 4. The van der Waals surface area contributed by atoms with Crippen LogP contribution in [0.1, 0.15) is 5.56 Å². The summed E-state index contributed by atoms with van der Waals surface area (Å²) in [7, 11) is 0. The first-order valence-electron chi connectivity index (χ1n) is 8.51. The van der Waals surface area contributed by atoms with Crippen molar-refractivity contribution in [2.45, 2.75) is 11.7 Å². The fourth-order valence-electron chi connectivity index (χ4n) is 2.60. The zero-order chi connectivity index (χ0) is 18.5. The lowest BCUT2D eigenvalue weighted by Crippen LogP contribution is -2.24. The van der Waals surface area contributed by atoms with E-state index in [4.69, 9.17) is 0 Å². The Hall–Kier alpha value is -3.19. The maximum Gasteiger partial charge on any atom is 0.230 e. The van der Waals surface area contributed by atoms with E-state index >= 15 is 0 Å². The van der Waals surface area contributed by atoms with Gasteiger partial charge in [-0.05, 0) is 17.7 Å². The van der Waals surface area contributed by atoms with Gasteiger partial charge < -0.3 is 5.32 Å². The number of nitrogens with one attached hydrogen (secondary N) is 1. The van der Waals surface area contributed by atoms with Crippen LogP contribution in [0, 0.1) is 0 Å². The van der Waals surface area contributed by atoms with Crippen LogP contribution >= 0.6 is 11.8 Å². The van der Waals surface area contributed by atoms with E-state index in [1.807, 2.05) is 72.8 Å². The number of hydrogen-bond donors (Lipinski definition) is 1. The van der Waals surface area contributed by atoms with Gasteiger partial charge in [0.2, 0.25) is 11.1 Å². The molecule has 2 aromatic heterocycles. The first-order valence-corrected chi connectivity index (χ1v) is 9.49. The number of hydrogen-bond acceptors (Lipinski definition) is 5. The second-order valence-electron chi connectivity index (χ2n) is 5.89. The molecule has 0 bridgehead atoms. The minimum atomic E-state index is -0.0557. The van der Waals surface area contributed by atoms with Gasteiger partial charge in [0.15, 0.2) is 5.65 Å². The van der Waals surface area contributed by atoms with Crippen molar-refractivity contribution in [3.05, 3.63) is 78.4 Å². The molecule has 0 saturated heterocycles. The van der Waals surface area contributed by atoms with Crippen LogP contribution in [0.4, 0.5) is 0 Å². The SMILES string of the molecule is O=C(CSc1nnc2ccc(-c3ccccc3)nn12)NCc1ccccc1. The average molecular weight is 375 g/mol. The van der Waals surface area contributed by atoms with Gasteiger partial charge in [0, 0.05) is 12.1 Å². The van der Waals surface area contributed by atoms with Gasteiger partial charge in [-0.25, -0.2) is 0 Å². The number of benzene rings is 2. The molecule has 0 unspecified atom stereocenters. The van der Waals surface area contributed by atoms with Crippen molar-refractivity contribution >= 4 is 23.3 Å². The van der Waals surface area contributed by atoms with Gasteiger partial charge in [-0.1, -0.05) is 72.4 Å². The summed E-state index contributed by atoms with van der Waals surface area (Å²) in [6.45, 7) is 0.511. The summed E-state index contributed by atoms with van der Waals surface area (Å²) in [6, 6.07) is 23.5. The van der Waals surface area contributed by atoms with Gasteiger partial charge in [0.25, 0.3) is 0 Å². The van der Waals surface area contributed by atoms with E-state index in [0.717, 1.165) is 16.8 Å². The molecule has 4 aromatic rings. The Bertz CT molecular complexity index is 1050. The Balaban J connectivity index is 1.43. The molecule has 134 valence electrons. The largest absolute Gasteiger partial charge is 0.351 e. The molecule has 1 N–H and O–H groups in total. The highest BCUT2D eigenvalue weighted by molar-refractivity contribution is 7.99. The molecule has 0 aliphatic heterocycles. The predicted octanol–water partition coefficient (Wildman–Crippen LogP) is 3.20. The molecule has 0 aliphatic rings. The normalized spacial score (nSPS) is 10.8. The lowest BCUT2D eigenvalue weighted by molar-refractivity contribution is -0.118. The zero-order valence-electron chi connectivity index (χ0n) is 14.4. The van der Waals surface area contributed by atoms with E-state index in [2.05, 4.69) is 20.6 Å². The summed E-state index contributed by atoms with van der Waals surface area (Å²) in [6.07, 6.45) is 0. The van der Waals surface area contributed by atoms with Crippen molar-refractivity contribution in [3.8, 4) is 11.3 Å². The molecule has 7 heteroatoms. The van der Waals surface area contributed by atoms with Crippen molar-refractivity contribution in [2.75, 3.05) is 5.75 Å². The number of amides is 1. The fourth-order valence-corrected chi connectivity index (χ4v) is 3.32. The lowest BCUT2D eigenvalue weighted by Gasteiger charge is -2.05. The molecule has 0 saturated carbocycles. The van der Waals surface area contributed by atoms with Gasteiger partial charge in [0.05, 0.1) is 11.4 Å². The third-order valence-corrected chi connectivity index (χ3v) is 4.89. The van der Waals surface area contributed by atoms with Crippen LogP contribution in [-0.2, 0) is 11.3 Å². The van der Waals surface area contributed by atoms with Crippen LogP contribution in [0.2, 0.25) is 0 Å². The van der Waals surface area contributed by atoms with Crippen molar-refractivity contribution in [1.82, 2.24) is 25.1 Å². The Morgan fingerprint density at radius 2 is 1.67 bits per heavy atom. The number of fused-ring (bicyclic) bond motifs is 1. The number of carbonyl (C=O) groups is 1. The third-order valence-electron chi connectivity index (χ3n) is 3.97.